The summed E-state index contributed by atoms with van der Waals surface area (Å²) in [5.41, 5.74) is 0.885. The normalized spacial score (nSPS) is 14.7. The molecule has 0 rings (SSSR count). The summed E-state index contributed by atoms with van der Waals surface area (Å²) in [5, 5.41) is 8.50. The van der Waals surface area contributed by atoms with E-state index in [1.165, 1.54) is 6.08 Å². The third kappa shape index (κ3) is 5.42. The molecule has 0 aliphatic heterocycles. The monoisotopic (exact) mass is 185 g/mol. The van der Waals surface area contributed by atoms with Gasteiger partial charge in [-0.2, -0.15) is 0 Å². The molecule has 0 amide bonds. The highest BCUT2D eigenvalue weighted by molar-refractivity contribution is 5.80. The molecule has 1 atom stereocenters. The molecule has 0 aromatic carbocycles. The fourth-order valence-corrected chi connectivity index (χ4v) is 1.12. The van der Waals surface area contributed by atoms with Crippen molar-refractivity contribution in [1.82, 2.24) is 4.90 Å². The first-order chi connectivity index (χ1) is 5.97. The molecule has 0 saturated carbocycles. The van der Waals surface area contributed by atoms with E-state index in [0.717, 1.165) is 18.5 Å². The summed E-state index contributed by atoms with van der Waals surface area (Å²) >= 11 is 0. The van der Waals surface area contributed by atoms with Crippen LogP contribution in [0.15, 0.2) is 11.6 Å². The number of carboxylic acid groups (broad SMARTS) is 1. The van der Waals surface area contributed by atoms with E-state index in [1.807, 2.05) is 14.0 Å². The number of nitrogens with zero attached hydrogens (tertiary/aromatic N) is 1. The lowest BCUT2D eigenvalue weighted by atomic mass is 10.2. The largest absolute Gasteiger partial charge is 0.478 e. The Hall–Kier alpha value is -0.830. The van der Waals surface area contributed by atoms with Gasteiger partial charge in [-0.05, 0) is 27.3 Å². The van der Waals surface area contributed by atoms with Crippen molar-refractivity contribution in [1.29, 1.82) is 0 Å². The Balaban J connectivity index is 4.05. The van der Waals surface area contributed by atoms with E-state index in [9.17, 15) is 4.79 Å². The number of hydrogen-bond acceptors (Lipinski definition) is 2. The molecule has 0 aromatic heterocycles. The van der Waals surface area contributed by atoms with Gasteiger partial charge in [0, 0.05) is 18.7 Å². The highest BCUT2D eigenvalue weighted by atomic mass is 16.4. The second-order valence-corrected chi connectivity index (χ2v) is 3.50. The van der Waals surface area contributed by atoms with Gasteiger partial charge in [0.1, 0.15) is 0 Å². The van der Waals surface area contributed by atoms with Gasteiger partial charge in [-0.25, -0.2) is 4.79 Å². The van der Waals surface area contributed by atoms with E-state index in [0.29, 0.717) is 6.04 Å². The lowest BCUT2D eigenvalue weighted by Gasteiger charge is -2.23. The van der Waals surface area contributed by atoms with Crippen LogP contribution in [0.2, 0.25) is 0 Å². The van der Waals surface area contributed by atoms with Crippen molar-refractivity contribution in [3.8, 4) is 0 Å². The SMILES string of the molecule is CCC(C)N(C)CC(C)=CC(=O)O. The van der Waals surface area contributed by atoms with Gasteiger partial charge in [0.25, 0.3) is 0 Å². The van der Waals surface area contributed by atoms with E-state index in [2.05, 4.69) is 18.7 Å². The zero-order valence-electron chi connectivity index (χ0n) is 8.87. The highest BCUT2D eigenvalue weighted by Gasteiger charge is 2.06. The number of hydrogen-bond donors (Lipinski definition) is 1. The summed E-state index contributed by atoms with van der Waals surface area (Å²) in [6, 6.07) is 0.497. The second-order valence-electron chi connectivity index (χ2n) is 3.50. The lowest BCUT2D eigenvalue weighted by molar-refractivity contribution is -0.131. The molecule has 3 heteroatoms. The molecular formula is C10H19NO2. The van der Waals surface area contributed by atoms with E-state index in [1.54, 1.807) is 0 Å². The molecule has 0 aromatic rings. The van der Waals surface area contributed by atoms with Crippen LogP contribution in [0.5, 0.6) is 0 Å². The maximum Gasteiger partial charge on any atom is 0.328 e. The summed E-state index contributed by atoms with van der Waals surface area (Å²) in [7, 11) is 2.01. The second kappa shape index (κ2) is 5.75. The predicted molar refractivity (Wildman–Crippen MR) is 53.8 cm³/mol. The topological polar surface area (TPSA) is 40.5 Å². The molecule has 3 nitrogen and oxygen atoms in total. The van der Waals surface area contributed by atoms with Crippen molar-refractivity contribution in [2.75, 3.05) is 13.6 Å². The number of rotatable bonds is 5. The molecule has 13 heavy (non-hydrogen) atoms. The first-order valence-corrected chi connectivity index (χ1v) is 4.57. The van der Waals surface area contributed by atoms with E-state index in [4.69, 9.17) is 5.11 Å². The van der Waals surface area contributed by atoms with E-state index >= 15 is 0 Å². The van der Waals surface area contributed by atoms with Gasteiger partial charge in [0.2, 0.25) is 0 Å². The molecule has 0 aliphatic rings. The van der Waals surface area contributed by atoms with Gasteiger partial charge in [-0.15, -0.1) is 0 Å². The van der Waals surface area contributed by atoms with Gasteiger partial charge in [-0.1, -0.05) is 12.5 Å². The van der Waals surface area contributed by atoms with Crippen LogP contribution >= 0.6 is 0 Å². The molecule has 0 bridgehead atoms. The molecule has 76 valence electrons. The summed E-state index contributed by atoms with van der Waals surface area (Å²) < 4.78 is 0. The Labute approximate surface area is 80.0 Å². The fourth-order valence-electron chi connectivity index (χ4n) is 1.12. The lowest BCUT2D eigenvalue weighted by Crippen LogP contribution is -2.30. The van der Waals surface area contributed by atoms with Crippen molar-refractivity contribution >= 4 is 5.97 Å². The van der Waals surface area contributed by atoms with Crippen molar-refractivity contribution in [3.05, 3.63) is 11.6 Å². The van der Waals surface area contributed by atoms with Crippen LogP contribution in [0.25, 0.3) is 0 Å². The molecule has 1 unspecified atom stereocenters. The van der Waals surface area contributed by atoms with Gasteiger partial charge >= 0.3 is 5.97 Å². The molecule has 0 fully saturated rings. The maximum atomic E-state index is 10.3. The minimum absolute atomic E-state index is 0.497. The van der Waals surface area contributed by atoms with Gasteiger partial charge in [0.05, 0.1) is 0 Å². The minimum atomic E-state index is -0.866. The number of aliphatic carboxylic acids is 1. The molecule has 0 spiro atoms. The summed E-state index contributed by atoms with van der Waals surface area (Å²) in [6.07, 6.45) is 2.34. The van der Waals surface area contributed by atoms with Gasteiger partial charge in [-0.3, -0.25) is 4.90 Å². The quantitative estimate of drug-likeness (QED) is 0.663. The van der Waals surface area contributed by atoms with Gasteiger partial charge in [0.15, 0.2) is 0 Å². The first-order valence-electron chi connectivity index (χ1n) is 4.57. The summed E-state index contributed by atoms with van der Waals surface area (Å²) in [4.78, 5) is 12.5. The molecule has 0 heterocycles. The molecular weight excluding hydrogens is 166 g/mol. The van der Waals surface area contributed by atoms with Crippen molar-refractivity contribution < 1.29 is 9.90 Å². The predicted octanol–water partition coefficient (Wildman–Crippen LogP) is 1.75. The van der Waals surface area contributed by atoms with Crippen LogP contribution in [-0.4, -0.2) is 35.6 Å². The van der Waals surface area contributed by atoms with Crippen molar-refractivity contribution in [3.63, 3.8) is 0 Å². The van der Waals surface area contributed by atoms with Crippen LogP contribution in [0, 0.1) is 0 Å². The number of likely N-dealkylation sites (N-methyl/N-ethyl adjacent to an activating group) is 1. The van der Waals surface area contributed by atoms with Crippen LogP contribution in [-0.2, 0) is 4.79 Å². The van der Waals surface area contributed by atoms with Crippen LogP contribution < -0.4 is 0 Å². The van der Waals surface area contributed by atoms with Crippen molar-refractivity contribution in [2.24, 2.45) is 0 Å². The summed E-state index contributed by atoms with van der Waals surface area (Å²) in [5.74, 6) is -0.866. The fraction of sp³-hybridized carbons (Fsp3) is 0.700. The Kier molecular flexibility index (Phi) is 5.39. The van der Waals surface area contributed by atoms with Gasteiger partial charge < -0.3 is 5.11 Å². The zero-order valence-corrected chi connectivity index (χ0v) is 8.87. The van der Waals surface area contributed by atoms with E-state index in [-0.39, 0.29) is 0 Å². The van der Waals surface area contributed by atoms with Crippen molar-refractivity contribution in [2.45, 2.75) is 33.2 Å². The Bertz CT molecular complexity index is 199. The smallest absolute Gasteiger partial charge is 0.328 e. The number of carbonyl (C=O) groups is 1. The number of carboxylic acids is 1. The average Bonchev–Trinajstić information content (AvgIpc) is 2.01. The third-order valence-corrected chi connectivity index (χ3v) is 2.21. The van der Waals surface area contributed by atoms with Crippen LogP contribution in [0.1, 0.15) is 27.2 Å². The average molecular weight is 185 g/mol. The van der Waals surface area contributed by atoms with Crippen LogP contribution in [0.4, 0.5) is 0 Å². The Morgan fingerprint density at radius 3 is 2.54 bits per heavy atom. The zero-order chi connectivity index (χ0) is 10.4. The standard InChI is InChI=1S/C10H19NO2/c1-5-9(3)11(4)7-8(2)6-10(12)13/h6,9H,5,7H2,1-4H3,(H,12,13). The molecule has 0 aliphatic carbocycles. The summed E-state index contributed by atoms with van der Waals surface area (Å²) in [6.45, 7) is 6.82. The van der Waals surface area contributed by atoms with E-state index < -0.39 is 5.97 Å². The molecule has 1 N–H and O–H groups in total. The molecule has 0 saturated heterocycles. The first kappa shape index (κ1) is 12.2. The van der Waals surface area contributed by atoms with Crippen LogP contribution in [0.3, 0.4) is 0 Å². The minimum Gasteiger partial charge on any atom is -0.478 e. The highest BCUT2D eigenvalue weighted by Crippen LogP contribution is 2.03. The molecule has 0 radical (unpaired) electrons. The Morgan fingerprint density at radius 2 is 2.15 bits per heavy atom. The third-order valence-electron chi connectivity index (χ3n) is 2.21. The maximum absolute atomic E-state index is 10.3. The Morgan fingerprint density at radius 1 is 1.62 bits per heavy atom.